The topological polar surface area (TPSA) is 26.7 Å². The molecule has 1 aliphatic carbocycles. The molecule has 0 radical (unpaired) electrons. The third-order valence-electron chi connectivity index (χ3n) is 4.72. The van der Waals surface area contributed by atoms with Crippen molar-refractivity contribution in [3.8, 4) is 0 Å². The Bertz CT molecular complexity index is 228. The molecule has 1 N–H and O–H groups in total. The van der Waals surface area contributed by atoms with Gasteiger partial charge in [-0.3, -0.25) is 4.90 Å². The Morgan fingerprint density at radius 1 is 1.24 bits per heavy atom. The summed E-state index contributed by atoms with van der Waals surface area (Å²) in [5.74, 6) is 0.578. The molecule has 2 atom stereocenters. The van der Waals surface area contributed by atoms with Gasteiger partial charge < -0.3 is 10.0 Å². The number of piperazine rings is 1. The van der Waals surface area contributed by atoms with Crippen LogP contribution in [-0.4, -0.2) is 60.3 Å². The van der Waals surface area contributed by atoms with Gasteiger partial charge in [0.25, 0.3) is 0 Å². The lowest BCUT2D eigenvalue weighted by atomic mass is 9.99. The van der Waals surface area contributed by atoms with Gasteiger partial charge in [0.2, 0.25) is 0 Å². The van der Waals surface area contributed by atoms with Gasteiger partial charge >= 0.3 is 0 Å². The molecule has 3 heteroatoms. The zero-order chi connectivity index (χ0) is 12.3. The van der Waals surface area contributed by atoms with Crippen LogP contribution >= 0.6 is 0 Å². The zero-order valence-electron chi connectivity index (χ0n) is 11.4. The van der Waals surface area contributed by atoms with Gasteiger partial charge in [-0.15, -0.1) is 0 Å². The molecule has 17 heavy (non-hydrogen) atoms. The van der Waals surface area contributed by atoms with Crippen molar-refractivity contribution in [3.05, 3.63) is 0 Å². The molecule has 3 nitrogen and oxygen atoms in total. The second-order valence-corrected chi connectivity index (χ2v) is 5.91. The fraction of sp³-hybridized carbons (Fsp3) is 1.00. The molecule has 100 valence electrons. The number of aliphatic hydroxyl groups excluding tert-OH is 1. The van der Waals surface area contributed by atoms with Crippen LogP contribution in [0.4, 0.5) is 0 Å². The average Bonchev–Trinajstić information content (AvgIpc) is 2.85. The predicted octanol–water partition coefficient (Wildman–Crippen LogP) is 1.56. The Balaban J connectivity index is 1.78. The second-order valence-electron chi connectivity index (χ2n) is 5.91. The van der Waals surface area contributed by atoms with Crippen molar-refractivity contribution >= 4 is 0 Å². The molecule has 0 aromatic carbocycles. The lowest BCUT2D eigenvalue weighted by molar-refractivity contribution is 0.0275. The van der Waals surface area contributed by atoms with Crippen LogP contribution in [0.1, 0.15) is 39.0 Å². The summed E-state index contributed by atoms with van der Waals surface area (Å²) in [6, 6.07) is 0.680. The van der Waals surface area contributed by atoms with Crippen molar-refractivity contribution < 1.29 is 5.11 Å². The number of β-amino-alcohol motifs (C(OH)–C–C–N with tert-alkyl or cyclic N) is 1. The van der Waals surface area contributed by atoms with E-state index in [1.807, 2.05) is 0 Å². The van der Waals surface area contributed by atoms with E-state index in [1.165, 1.54) is 32.1 Å². The first kappa shape index (κ1) is 13.3. The minimum atomic E-state index is -0.0848. The van der Waals surface area contributed by atoms with E-state index in [-0.39, 0.29) is 6.10 Å². The van der Waals surface area contributed by atoms with Crippen molar-refractivity contribution in [2.45, 2.75) is 51.2 Å². The highest BCUT2D eigenvalue weighted by molar-refractivity contribution is 4.83. The maximum atomic E-state index is 10.3. The summed E-state index contributed by atoms with van der Waals surface area (Å²) in [5.41, 5.74) is 0. The van der Waals surface area contributed by atoms with E-state index in [2.05, 4.69) is 23.8 Å². The number of rotatable bonds is 4. The largest absolute Gasteiger partial charge is 0.392 e. The monoisotopic (exact) mass is 240 g/mol. The average molecular weight is 240 g/mol. The number of hydrogen-bond acceptors (Lipinski definition) is 3. The van der Waals surface area contributed by atoms with Crippen molar-refractivity contribution in [2.75, 3.05) is 33.2 Å². The lowest BCUT2D eigenvalue weighted by Gasteiger charge is -2.40. The molecule has 2 fully saturated rings. The quantitative estimate of drug-likeness (QED) is 0.808. The van der Waals surface area contributed by atoms with Crippen LogP contribution in [0, 0.1) is 5.92 Å². The van der Waals surface area contributed by atoms with Gasteiger partial charge in [-0.05, 0) is 32.2 Å². The maximum Gasteiger partial charge on any atom is 0.0695 e. The van der Waals surface area contributed by atoms with Crippen LogP contribution in [0.15, 0.2) is 0 Å². The third kappa shape index (κ3) is 3.43. The van der Waals surface area contributed by atoms with Crippen LogP contribution < -0.4 is 0 Å². The fourth-order valence-electron chi connectivity index (χ4n) is 3.37. The first-order valence-corrected chi connectivity index (χ1v) is 7.31. The third-order valence-corrected chi connectivity index (χ3v) is 4.72. The molecular formula is C14H28N2O. The van der Waals surface area contributed by atoms with Gasteiger partial charge in [-0.2, -0.15) is 0 Å². The lowest BCUT2D eigenvalue weighted by Crippen LogP contribution is -2.53. The Morgan fingerprint density at radius 3 is 2.59 bits per heavy atom. The van der Waals surface area contributed by atoms with E-state index >= 15 is 0 Å². The number of nitrogens with zero attached hydrogens (tertiary/aromatic N) is 2. The molecule has 1 aliphatic heterocycles. The van der Waals surface area contributed by atoms with E-state index in [1.54, 1.807) is 0 Å². The number of likely N-dealkylation sites (N-methyl/N-ethyl adjacent to an activating group) is 1. The van der Waals surface area contributed by atoms with Crippen molar-refractivity contribution in [1.82, 2.24) is 9.80 Å². The van der Waals surface area contributed by atoms with E-state index in [0.29, 0.717) is 12.0 Å². The minimum Gasteiger partial charge on any atom is -0.392 e. The standard InChI is InChI=1S/C14H28N2O/c1-3-13-10-16(9-8-15(13)2)11-14(17)12-6-4-5-7-12/h12-14,17H,3-11H2,1-2H3. The van der Waals surface area contributed by atoms with Gasteiger partial charge in [-0.1, -0.05) is 19.8 Å². The summed E-state index contributed by atoms with van der Waals surface area (Å²) < 4.78 is 0. The number of hydrogen-bond donors (Lipinski definition) is 1. The van der Waals surface area contributed by atoms with Gasteiger partial charge in [0.05, 0.1) is 6.10 Å². The summed E-state index contributed by atoms with van der Waals surface area (Å²) in [6.07, 6.45) is 6.26. The van der Waals surface area contributed by atoms with E-state index in [4.69, 9.17) is 0 Å². The summed E-state index contributed by atoms with van der Waals surface area (Å²) in [5, 5.41) is 10.3. The van der Waals surface area contributed by atoms with Crippen molar-refractivity contribution in [2.24, 2.45) is 5.92 Å². The zero-order valence-corrected chi connectivity index (χ0v) is 11.4. The van der Waals surface area contributed by atoms with Gasteiger partial charge in [-0.25, -0.2) is 0 Å². The second kappa shape index (κ2) is 6.17. The molecule has 2 aliphatic rings. The van der Waals surface area contributed by atoms with Crippen LogP contribution in [-0.2, 0) is 0 Å². The first-order chi connectivity index (χ1) is 8.20. The molecule has 0 bridgehead atoms. The maximum absolute atomic E-state index is 10.3. The molecular weight excluding hydrogens is 212 g/mol. The number of aliphatic hydroxyl groups is 1. The molecule has 0 aromatic rings. The Kier molecular flexibility index (Phi) is 4.83. The highest BCUT2D eigenvalue weighted by atomic mass is 16.3. The summed E-state index contributed by atoms with van der Waals surface area (Å²) in [7, 11) is 2.22. The molecule has 1 saturated heterocycles. The summed E-state index contributed by atoms with van der Waals surface area (Å²) in [6.45, 7) is 6.57. The van der Waals surface area contributed by atoms with Crippen LogP contribution in [0.5, 0.6) is 0 Å². The molecule has 2 unspecified atom stereocenters. The van der Waals surface area contributed by atoms with Crippen LogP contribution in [0.3, 0.4) is 0 Å². The van der Waals surface area contributed by atoms with Gasteiger partial charge in [0, 0.05) is 32.2 Å². The van der Waals surface area contributed by atoms with E-state index in [9.17, 15) is 5.11 Å². The summed E-state index contributed by atoms with van der Waals surface area (Å²) in [4.78, 5) is 4.93. The molecule has 1 heterocycles. The van der Waals surface area contributed by atoms with E-state index < -0.39 is 0 Å². The van der Waals surface area contributed by atoms with Gasteiger partial charge in [0.1, 0.15) is 0 Å². The van der Waals surface area contributed by atoms with Crippen molar-refractivity contribution in [3.63, 3.8) is 0 Å². The smallest absolute Gasteiger partial charge is 0.0695 e. The van der Waals surface area contributed by atoms with Crippen LogP contribution in [0.2, 0.25) is 0 Å². The molecule has 1 saturated carbocycles. The van der Waals surface area contributed by atoms with Crippen molar-refractivity contribution in [1.29, 1.82) is 0 Å². The fourth-order valence-corrected chi connectivity index (χ4v) is 3.37. The normalized spacial score (nSPS) is 30.9. The van der Waals surface area contributed by atoms with Crippen LogP contribution in [0.25, 0.3) is 0 Å². The highest BCUT2D eigenvalue weighted by Gasteiger charge is 2.28. The Morgan fingerprint density at radius 2 is 1.94 bits per heavy atom. The van der Waals surface area contributed by atoms with E-state index in [0.717, 1.165) is 26.2 Å². The highest BCUT2D eigenvalue weighted by Crippen LogP contribution is 2.28. The first-order valence-electron chi connectivity index (χ1n) is 7.31. The van der Waals surface area contributed by atoms with Gasteiger partial charge in [0.15, 0.2) is 0 Å². The Labute approximate surface area is 106 Å². The molecule has 0 aromatic heterocycles. The minimum absolute atomic E-state index is 0.0848. The Hall–Kier alpha value is -0.120. The molecule has 2 rings (SSSR count). The molecule has 0 spiro atoms. The molecule has 0 amide bonds. The SMILES string of the molecule is CCC1CN(CC(O)C2CCCC2)CCN1C. The summed E-state index contributed by atoms with van der Waals surface area (Å²) >= 11 is 0. The predicted molar refractivity (Wildman–Crippen MR) is 71.1 cm³/mol.